The van der Waals surface area contributed by atoms with Crippen molar-refractivity contribution >= 4 is 5.97 Å². The summed E-state index contributed by atoms with van der Waals surface area (Å²) in [7, 11) is 0. The van der Waals surface area contributed by atoms with Crippen LogP contribution in [0, 0.1) is 11.3 Å². The predicted molar refractivity (Wildman–Crippen MR) is 80.5 cm³/mol. The lowest BCUT2D eigenvalue weighted by Gasteiger charge is -2.33. The molecule has 4 nitrogen and oxygen atoms in total. The second-order valence-corrected chi connectivity index (χ2v) is 7.35. The quantitative estimate of drug-likeness (QED) is 0.295. The van der Waals surface area contributed by atoms with E-state index in [0.717, 1.165) is 32.1 Å². The van der Waals surface area contributed by atoms with Crippen LogP contribution in [0.25, 0.3) is 0 Å². The van der Waals surface area contributed by atoms with Gasteiger partial charge in [0.2, 0.25) is 0 Å². The van der Waals surface area contributed by atoms with E-state index in [1.165, 1.54) is 0 Å². The average molecular weight is 288 g/mol. The molecule has 0 saturated carbocycles. The number of unbranched alkanes of at least 4 members (excludes halogenated alkanes) is 1. The molecule has 0 radical (unpaired) electrons. The van der Waals surface area contributed by atoms with Gasteiger partial charge in [-0.3, -0.25) is 10.1 Å². The predicted octanol–water partition coefficient (Wildman–Crippen LogP) is 4.43. The Hall–Kier alpha value is -0.610. The van der Waals surface area contributed by atoms with Crippen molar-refractivity contribution in [2.24, 2.45) is 11.3 Å². The highest BCUT2D eigenvalue weighted by Crippen LogP contribution is 2.30. The third-order valence-corrected chi connectivity index (χ3v) is 3.20. The molecule has 0 bridgehead atoms. The van der Waals surface area contributed by atoms with E-state index in [1.54, 1.807) is 0 Å². The summed E-state index contributed by atoms with van der Waals surface area (Å²) in [5.74, 6) is -0.167. The maximum absolute atomic E-state index is 12.2. The molecule has 0 aromatic carbocycles. The summed E-state index contributed by atoms with van der Waals surface area (Å²) in [5.41, 5.74) is -0.305. The summed E-state index contributed by atoms with van der Waals surface area (Å²) in [4.78, 5) is 16.3. The van der Waals surface area contributed by atoms with E-state index >= 15 is 0 Å². The van der Waals surface area contributed by atoms with Crippen molar-refractivity contribution in [3.05, 3.63) is 0 Å². The molecule has 120 valence electrons. The van der Waals surface area contributed by atoms with Crippen molar-refractivity contribution in [2.45, 2.75) is 79.2 Å². The molecule has 0 rings (SSSR count). The lowest BCUT2D eigenvalue weighted by molar-refractivity contribution is -0.242. The first-order chi connectivity index (χ1) is 9.11. The van der Waals surface area contributed by atoms with Gasteiger partial charge in [-0.15, -0.1) is 0 Å². The van der Waals surface area contributed by atoms with E-state index in [-0.39, 0.29) is 17.3 Å². The van der Waals surface area contributed by atoms with Crippen LogP contribution in [0.2, 0.25) is 0 Å². The smallest absolute Gasteiger partial charge is 0.309 e. The molecule has 20 heavy (non-hydrogen) atoms. The number of hydrogen-bond acceptors (Lipinski definition) is 4. The summed E-state index contributed by atoms with van der Waals surface area (Å²) in [6.45, 7) is 12.7. The molecule has 0 heterocycles. The SMILES string of the molecule is CCC(CCCCOO)C(=O)OC(C)(C)CC(C)(C)C. The van der Waals surface area contributed by atoms with Gasteiger partial charge in [0.1, 0.15) is 5.60 Å². The Morgan fingerprint density at radius 1 is 1.15 bits per heavy atom. The molecule has 0 aliphatic carbocycles. The van der Waals surface area contributed by atoms with E-state index in [1.807, 2.05) is 20.8 Å². The van der Waals surface area contributed by atoms with Gasteiger partial charge >= 0.3 is 5.97 Å². The van der Waals surface area contributed by atoms with Gasteiger partial charge in [0.25, 0.3) is 0 Å². The summed E-state index contributed by atoms with van der Waals surface area (Å²) >= 11 is 0. The van der Waals surface area contributed by atoms with Crippen LogP contribution in [0.5, 0.6) is 0 Å². The van der Waals surface area contributed by atoms with E-state index in [2.05, 4.69) is 25.7 Å². The number of esters is 1. The topological polar surface area (TPSA) is 55.8 Å². The summed E-state index contributed by atoms with van der Waals surface area (Å²) in [6.07, 6.45) is 4.01. The highest BCUT2D eigenvalue weighted by molar-refractivity contribution is 5.72. The van der Waals surface area contributed by atoms with Crippen molar-refractivity contribution in [1.82, 2.24) is 0 Å². The van der Waals surface area contributed by atoms with Crippen LogP contribution in [0.3, 0.4) is 0 Å². The van der Waals surface area contributed by atoms with Crippen molar-refractivity contribution in [2.75, 3.05) is 6.61 Å². The van der Waals surface area contributed by atoms with Crippen LogP contribution in [-0.4, -0.2) is 23.4 Å². The number of ether oxygens (including phenoxy) is 1. The molecule has 0 spiro atoms. The highest BCUT2D eigenvalue weighted by atomic mass is 17.1. The minimum absolute atomic E-state index is 0.0621. The molecule has 1 atom stereocenters. The Morgan fingerprint density at radius 3 is 2.20 bits per heavy atom. The first kappa shape index (κ1) is 19.4. The van der Waals surface area contributed by atoms with E-state index < -0.39 is 5.60 Å². The third kappa shape index (κ3) is 9.32. The fourth-order valence-corrected chi connectivity index (χ4v) is 2.71. The molecule has 1 N–H and O–H groups in total. The summed E-state index contributed by atoms with van der Waals surface area (Å²) < 4.78 is 5.70. The Bertz CT molecular complexity index is 279. The van der Waals surface area contributed by atoms with Crippen LogP contribution in [0.15, 0.2) is 0 Å². The number of hydrogen-bond donors (Lipinski definition) is 1. The lowest BCUT2D eigenvalue weighted by Crippen LogP contribution is -2.35. The van der Waals surface area contributed by atoms with Crippen LogP contribution < -0.4 is 0 Å². The lowest BCUT2D eigenvalue weighted by atomic mass is 9.83. The van der Waals surface area contributed by atoms with E-state index in [0.29, 0.717) is 6.61 Å². The van der Waals surface area contributed by atoms with Crippen LogP contribution in [0.4, 0.5) is 0 Å². The van der Waals surface area contributed by atoms with Crippen LogP contribution in [0.1, 0.15) is 73.6 Å². The zero-order valence-corrected chi connectivity index (χ0v) is 14.0. The second-order valence-electron chi connectivity index (χ2n) is 7.35. The van der Waals surface area contributed by atoms with E-state index in [4.69, 9.17) is 9.99 Å². The number of carbonyl (C=O) groups is 1. The van der Waals surface area contributed by atoms with Gasteiger partial charge in [0.05, 0.1) is 12.5 Å². The molecule has 0 fully saturated rings. The van der Waals surface area contributed by atoms with Gasteiger partial charge in [-0.2, -0.15) is 0 Å². The first-order valence-corrected chi connectivity index (χ1v) is 7.60. The Labute approximate surface area is 123 Å². The van der Waals surface area contributed by atoms with Gasteiger partial charge in [-0.05, 0) is 44.9 Å². The molecule has 0 amide bonds. The zero-order valence-electron chi connectivity index (χ0n) is 14.0. The standard InChI is InChI=1S/C16H32O4/c1-7-13(10-8-9-11-19-18)14(17)20-16(5,6)12-15(2,3)4/h13,18H,7-12H2,1-6H3. The zero-order chi connectivity index (χ0) is 15.8. The molecular formula is C16H32O4. The molecule has 0 aromatic rings. The first-order valence-electron chi connectivity index (χ1n) is 7.60. The van der Waals surface area contributed by atoms with Crippen molar-refractivity contribution in [3.63, 3.8) is 0 Å². The monoisotopic (exact) mass is 288 g/mol. The van der Waals surface area contributed by atoms with Gasteiger partial charge in [0.15, 0.2) is 0 Å². The molecule has 0 aromatic heterocycles. The Kier molecular flexibility index (Phi) is 8.36. The Morgan fingerprint density at radius 2 is 1.75 bits per heavy atom. The van der Waals surface area contributed by atoms with Gasteiger partial charge in [0, 0.05) is 0 Å². The normalized spacial score (nSPS) is 14.2. The molecule has 4 heteroatoms. The van der Waals surface area contributed by atoms with Crippen molar-refractivity contribution < 1.29 is 19.7 Å². The van der Waals surface area contributed by atoms with Crippen molar-refractivity contribution in [1.29, 1.82) is 0 Å². The molecule has 1 unspecified atom stereocenters. The summed E-state index contributed by atoms with van der Waals surface area (Å²) in [6, 6.07) is 0. The highest BCUT2D eigenvalue weighted by Gasteiger charge is 2.31. The number of rotatable bonds is 9. The maximum Gasteiger partial charge on any atom is 0.309 e. The third-order valence-electron chi connectivity index (χ3n) is 3.20. The minimum atomic E-state index is -0.434. The maximum atomic E-state index is 12.2. The fourth-order valence-electron chi connectivity index (χ4n) is 2.71. The largest absolute Gasteiger partial charge is 0.459 e. The van der Waals surface area contributed by atoms with Gasteiger partial charge < -0.3 is 4.74 Å². The minimum Gasteiger partial charge on any atom is -0.459 e. The fraction of sp³-hybridized carbons (Fsp3) is 0.938. The average Bonchev–Trinajstić information content (AvgIpc) is 2.24. The molecule has 0 saturated heterocycles. The second kappa shape index (κ2) is 8.63. The number of carbonyl (C=O) groups excluding carboxylic acids is 1. The molecular weight excluding hydrogens is 256 g/mol. The molecule has 0 aliphatic heterocycles. The Balaban J connectivity index is 4.32. The molecule has 0 aliphatic rings. The van der Waals surface area contributed by atoms with E-state index in [9.17, 15) is 4.79 Å². The van der Waals surface area contributed by atoms with Gasteiger partial charge in [-0.25, -0.2) is 4.89 Å². The van der Waals surface area contributed by atoms with Crippen LogP contribution >= 0.6 is 0 Å². The van der Waals surface area contributed by atoms with Crippen molar-refractivity contribution in [3.8, 4) is 0 Å². The van der Waals surface area contributed by atoms with Crippen LogP contribution in [-0.2, 0) is 14.4 Å². The van der Waals surface area contributed by atoms with Gasteiger partial charge in [-0.1, -0.05) is 34.1 Å². The summed E-state index contributed by atoms with van der Waals surface area (Å²) in [5, 5.41) is 8.27.